The molecule has 0 spiro atoms. The van der Waals surface area contributed by atoms with Crippen molar-refractivity contribution in [3.8, 4) is 11.7 Å². The normalized spacial score (nSPS) is 15.6. The number of carbonyl (C=O) groups excluding carboxylic acids is 2. The predicted molar refractivity (Wildman–Crippen MR) is 142 cm³/mol. The summed E-state index contributed by atoms with van der Waals surface area (Å²) < 4.78 is 12.0. The highest BCUT2D eigenvalue weighted by atomic mass is 16.5. The van der Waals surface area contributed by atoms with Crippen LogP contribution in [0.15, 0.2) is 49.1 Å². The second-order valence-electron chi connectivity index (χ2n) is 9.52. The molecule has 0 aliphatic carbocycles. The van der Waals surface area contributed by atoms with Crippen molar-refractivity contribution in [2.45, 2.75) is 38.8 Å². The van der Waals surface area contributed by atoms with Crippen LogP contribution in [0.4, 0.5) is 5.82 Å². The number of aromatic nitrogens is 4. The van der Waals surface area contributed by atoms with E-state index < -0.39 is 0 Å². The minimum absolute atomic E-state index is 0.00612. The molecule has 1 unspecified atom stereocenters. The molecule has 1 aliphatic heterocycles. The van der Waals surface area contributed by atoms with Crippen molar-refractivity contribution in [2.24, 2.45) is 0 Å². The zero-order chi connectivity index (χ0) is 27.1. The summed E-state index contributed by atoms with van der Waals surface area (Å²) in [7, 11) is 3.12. The number of rotatable bonds is 10. The molecule has 0 radical (unpaired) electrons. The molecular formula is C27H35N7O4. The topological polar surface area (TPSA) is 115 Å². The molecule has 11 heteroatoms. The number of benzene rings is 1. The summed E-state index contributed by atoms with van der Waals surface area (Å²) in [6, 6.07) is 9.27. The Labute approximate surface area is 222 Å². The SMILES string of the molecule is COCC(=O)N1CCN(c2cc(C(C)C)nc(-n3ccnc3)n2)C(CC(=O)NCc2ccc(OC)cc2)C1. The summed E-state index contributed by atoms with van der Waals surface area (Å²) >= 11 is 0. The second kappa shape index (κ2) is 12.5. The van der Waals surface area contributed by atoms with Gasteiger partial charge < -0.3 is 24.6 Å². The van der Waals surface area contributed by atoms with E-state index in [1.165, 1.54) is 7.11 Å². The van der Waals surface area contributed by atoms with Gasteiger partial charge in [-0.15, -0.1) is 0 Å². The van der Waals surface area contributed by atoms with Crippen molar-refractivity contribution in [3.05, 3.63) is 60.3 Å². The number of methoxy groups -OCH3 is 2. The lowest BCUT2D eigenvalue weighted by Crippen LogP contribution is -2.57. The molecule has 202 valence electrons. The molecule has 1 fully saturated rings. The van der Waals surface area contributed by atoms with Crippen LogP contribution in [-0.2, 0) is 20.9 Å². The molecule has 11 nitrogen and oxygen atoms in total. The molecule has 2 amide bonds. The lowest BCUT2D eigenvalue weighted by atomic mass is 10.1. The van der Waals surface area contributed by atoms with Crippen LogP contribution in [0.1, 0.15) is 37.4 Å². The first-order valence-electron chi connectivity index (χ1n) is 12.7. The van der Waals surface area contributed by atoms with Crippen molar-refractivity contribution < 1.29 is 19.1 Å². The van der Waals surface area contributed by atoms with E-state index >= 15 is 0 Å². The lowest BCUT2D eigenvalue weighted by Gasteiger charge is -2.42. The molecular weight excluding hydrogens is 486 g/mol. The molecule has 0 bridgehead atoms. The van der Waals surface area contributed by atoms with Crippen LogP contribution in [-0.4, -0.2) is 82.7 Å². The minimum Gasteiger partial charge on any atom is -0.497 e. The highest BCUT2D eigenvalue weighted by Crippen LogP contribution is 2.25. The van der Waals surface area contributed by atoms with Gasteiger partial charge in [0.1, 0.15) is 24.5 Å². The molecule has 3 aromatic rings. The molecule has 1 aliphatic rings. The van der Waals surface area contributed by atoms with Crippen LogP contribution in [0.3, 0.4) is 0 Å². The van der Waals surface area contributed by atoms with Crippen molar-refractivity contribution in [1.82, 2.24) is 29.7 Å². The molecule has 1 saturated heterocycles. The third-order valence-electron chi connectivity index (χ3n) is 6.51. The molecule has 38 heavy (non-hydrogen) atoms. The molecule has 4 rings (SSSR count). The average molecular weight is 522 g/mol. The predicted octanol–water partition coefficient (Wildman–Crippen LogP) is 2.16. The number of ether oxygens (including phenoxy) is 2. The second-order valence-corrected chi connectivity index (χ2v) is 9.52. The Morgan fingerprint density at radius 3 is 2.58 bits per heavy atom. The van der Waals surface area contributed by atoms with E-state index in [9.17, 15) is 9.59 Å². The number of piperazine rings is 1. The van der Waals surface area contributed by atoms with Gasteiger partial charge in [-0.3, -0.25) is 14.2 Å². The number of hydrogen-bond acceptors (Lipinski definition) is 8. The Hall–Kier alpha value is -3.99. The first-order valence-corrected chi connectivity index (χ1v) is 12.7. The van der Waals surface area contributed by atoms with Gasteiger partial charge in [0.25, 0.3) is 0 Å². The maximum atomic E-state index is 13.1. The molecule has 2 aromatic heterocycles. The molecule has 3 heterocycles. The van der Waals surface area contributed by atoms with Crippen LogP contribution in [0, 0.1) is 0 Å². The van der Waals surface area contributed by atoms with E-state index in [0.717, 1.165) is 22.8 Å². The maximum Gasteiger partial charge on any atom is 0.248 e. The summed E-state index contributed by atoms with van der Waals surface area (Å²) in [6.07, 6.45) is 5.35. The van der Waals surface area contributed by atoms with Crippen molar-refractivity contribution in [3.63, 3.8) is 0 Å². The van der Waals surface area contributed by atoms with Crippen molar-refractivity contribution >= 4 is 17.6 Å². The average Bonchev–Trinajstić information content (AvgIpc) is 3.47. The number of hydrogen-bond donors (Lipinski definition) is 1. The van der Waals surface area contributed by atoms with Gasteiger partial charge in [-0.05, 0) is 23.6 Å². The van der Waals surface area contributed by atoms with Gasteiger partial charge in [0, 0.05) is 58.2 Å². The number of imidazole rings is 1. The Bertz CT molecular complexity index is 1210. The van der Waals surface area contributed by atoms with Crippen LogP contribution in [0.5, 0.6) is 5.75 Å². The van der Waals surface area contributed by atoms with Crippen LogP contribution < -0.4 is 15.0 Å². The Balaban J connectivity index is 1.56. The smallest absolute Gasteiger partial charge is 0.248 e. The molecule has 1 atom stereocenters. The fraction of sp³-hybridized carbons (Fsp3) is 0.444. The first kappa shape index (κ1) is 27.1. The zero-order valence-electron chi connectivity index (χ0n) is 22.3. The van der Waals surface area contributed by atoms with Crippen molar-refractivity contribution in [2.75, 3.05) is 45.4 Å². The van der Waals surface area contributed by atoms with Crippen LogP contribution in [0.2, 0.25) is 0 Å². The Morgan fingerprint density at radius 1 is 1.13 bits per heavy atom. The van der Waals surface area contributed by atoms with E-state index in [1.54, 1.807) is 35.3 Å². The van der Waals surface area contributed by atoms with Gasteiger partial charge >= 0.3 is 0 Å². The summed E-state index contributed by atoms with van der Waals surface area (Å²) in [5.74, 6) is 1.98. The van der Waals surface area contributed by atoms with E-state index in [0.29, 0.717) is 32.1 Å². The minimum atomic E-state index is -0.272. The maximum absolute atomic E-state index is 13.1. The summed E-state index contributed by atoms with van der Waals surface area (Å²) in [5, 5.41) is 3.01. The Kier molecular flexibility index (Phi) is 8.90. The summed E-state index contributed by atoms with van der Waals surface area (Å²) in [5.41, 5.74) is 1.86. The lowest BCUT2D eigenvalue weighted by molar-refractivity contribution is -0.136. The summed E-state index contributed by atoms with van der Waals surface area (Å²) in [4.78, 5) is 43.2. The number of carbonyl (C=O) groups is 2. The van der Waals surface area contributed by atoms with E-state index in [-0.39, 0.29) is 36.8 Å². The third kappa shape index (κ3) is 6.65. The molecule has 1 N–H and O–H groups in total. The molecule has 0 saturated carbocycles. The third-order valence-corrected chi connectivity index (χ3v) is 6.51. The van der Waals surface area contributed by atoms with Crippen LogP contribution >= 0.6 is 0 Å². The fourth-order valence-corrected chi connectivity index (χ4v) is 4.38. The van der Waals surface area contributed by atoms with Gasteiger partial charge in [0.2, 0.25) is 17.8 Å². The number of anilines is 1. The largest absolute Gasteiger partial charge is 0.497 e. The van der Waals surface area contributed by atoms with Gasteiger partial charge in [-0.2, -0.15) is 4.98 Å². The highest BCUT2D eigenvalue weighted by molar-refractivity contribution is 5.79. The van der Waals surface area contributed by atoms with E-state index in [2.05, 4.69) is 29.0 Å². The Morgan fingerprint density at radius 2 is 1.92 bits per heavy atom. The number of amides is 2. The number of nitrogens with zero attached hydrogens (tertiary/aromatic N) is 6. The van der Waals surface area contributed by atoms with Gasteiger partial charge in [-0.25, -0.2) is 9.97 Å². The van der Waals surface area contributed by atoms with Gasteiger partial charge in [-0.1, -0.05) is 26.0 Å². The highest BCUT2D eigenvalue weighted by Gasteiger charge is 2.32. The van der Waals surface area contributed by atoms with E-state index in [1.807, 2.05) is 30.3 Å². The first-order chi connectivity index (χ1) is 18.4. The van der Waals surface area contributed by atoms with Crippen molar-refractivity contribution in [1.29, 1.82) is 0 Å². The van der Waals surface area contributed by atoms with Gasteiger partial charge in [0.05, 0.1) is 18.8 Å². The monoisotopic (exact) mass is 521 g/mol. The number of nitrogens with one attached hydrogen (secondary N) is 1. The van der Waals surface area contributed by atoms with E-state index in [4.69, 9.17) is 19.4 Å². The quantitative estimate of drug-likeness (QED) is 0.432. The standard InChI is InChI=1S/C27H35N7O4/c1-19(2)23-14-24(31-27(30-23)33-10-9-28-18-33)34-12-11-32(26(36)17-37-3)16-21(34)13-25(35)29-15-20-5-7-22(38-4)8-6-20/h5-10,14,18-19,21H,11-13,15-17H2,1-4H3,(H,29,35). The fourth-order valence-electron chi connectivity index (χ4n) is 4.38. The summed E-state index contributed by atoms with van der Waals surface area (Å²) in [6.45, 7) is 5.99. The van der Waals surface area contributed by atoms with Gasteiger partial charge in [0.15, 0.2) is 0 Å². The zero-order valence-corrected chi connectivity index (χ0v) is 22.3. The molecule has 1 aromatic carbocycles. The van der Waals surface area contributed by atoms with Crippen LogP contribution in [0.25, 0.3) is 5.95 Å².